The number of aromatic nitrogens is 1. The van der Waals surface area contributed by atoms with Gasteiger partial charge in [-0.15, -0.1) is 0 Å². The molecular weight excluding hydrogens is 375 g/mol. The maximum absolute atomic E-state index is 15.0. The molecule has 1 aromatic carbocycles. The maximum atomic E-state index is 15.0. The molecule has 0 spiro atoms. The molecule has 2 aliphatic rings. The number of carboxylic acid groups (broad SMARTS) is 1. The second-order valence-electron chi connectivity index (χ2n) is 7.43. The number of carbonyl (C=O) groups is 1. The molecule has 2 heterocycles. The second-order valence-corrected chi connectivity index (χ2v) is 7.43. The zero-order chi connectivity index (χ0) is 20.2. The van der Waals surface area contributed by atoms with Crippen molar-refractivity contribution in [1.29, 1.82) is 0 Å². The van der Waals surface area contributed by atoms with Crippen LogP contribution in [0.3, 0.4) is 0 Å². The van der Waals surface area contributed by atoms with Crippen molar-refractivity contribution in [3.63, 3.8) is 0 Å². The van der Waals surface area contributed by atoms with Crippen LogP contribution in [0.2, 0.25) is 0 Å². The van der Waals surface area contributed by atoms with Crippen LogP contribution in [-0.2, 0) is 0 Å². The first-order valence-corrected chi connectivity index (χ1v) is 9.20. The SMILES string of the molecule is C[C@H]1CN(c2c(F)cc3c(=O)c(C(=O)O)cn(C4CC4)c3c2C(F)F)CCN1. The highest BCUT2D eigenvalue weighted by atomic mass is 19.3. The lowest BCUT2D eigenvalue weighted by molar-refractivity contribution is 0.0695. The second kappa shape index (κ2) is 6.80. The highest BCUT2D eigenvalue weighted by Gasteiger charge is 2.33. The molecule has 28 heavy (non-hydrogen) atoms. The summed E-state index contributed by atoms with van der Waals surface area (Å²) in [6.07, 6.45) is -0.509. The van der Waals surface area contributed by atoms with Crippen LogP contribution in [0.15, 0.2) is 17.1 Å². The van der Waals surface area contributed by atoms with E-state index in [1.807, 2.05) is 6.92 Å². The van der Waals surface area contributed by atoms with Gasteiger partial charge >= 0.3 is 5.97 Å². The van der Waals surface area contributed by atoms with Crippen LogP contribution in [0.4, 0.5) is 18.9 Å². The fourth-order valence-electron chi connectivity index (χ4n) is 3.96. The van der Waals surface area contributed by atoms with Crippen LogP contribution >= 0.6 is 0 Å². The largest absolute Gasteiger partial charge is 0.477 e. The molecule has 150 valence electrons. The summed E-state index contributed by atoms with van der Waals surface area (Å²) in [5.41, 5.74) is -2.28. The van der Waals surface area contributed by atoms with E-state index in [4.69, 9.17) is 0 Å². The number of aromatic carboxylic acids is 1. The first-order chi connectivity index (χ1) is 13.3. The number of anilines is 1. The minimum absolute atomic E-state index is 0.00520. The average molecular weight is 395 g/mol. The van der Waals surface area contributed by atoms with Gasteiger partial charge in [0.2, 0.25) is 5.43 Å². The summed E-state index contributed by atoms with van der Waals surface area (Å²) in [5.74, 6) is -2.39. The lowest BCUT2D eigenvalue weighted by atomic mass is 10.0. The van der Waals surface area contributed by atoms with Gasteiger partial charge < -0.3 is 19.9 Å². The summed E-state index contributed by atoms with van der Waals surface area (Å²) < 4.78 is 44.9. The number of pyridine rings is 1. The Morgan fingerprint density at radius 2 is 2.07 bits per heavy atom. The average Bonchev–Trinajstić information content (AvgIpc) is 3.46. The molecule has 1 aliphatic carbocycles. The number of nitrogens with one attached hydrogen (secondary N) is 1. The van der Waals surface area contributed by atoms with E-state index in [2.05, 4.69) is 5.32 Å². The van der Waals surface area contributed by atoms with E-state index in [0.717, 1.165) is 12.3 Å². The molecule has 1 atom stereocenters. The molecule has 1 aromatic heterocycles. The predicted octanol–water partition coefficient (Wildman–Crippen LogP) is 2.91. The van der Waals surface area contributed by atoms with E-state index in [1.165, 1.54) is 4.57 Å². The van der Waals surface area contributed by atoms with Crippen LogP contribution in [0, 0.1) is 5.82 Å². The molecule has 9 heteroatoms. The van der Waals surface area contributed by atoms with Gasteiger partial charge in [0, 0.05) is 37.9 Å². The van der Waals surface area contributed by atoms with Crippen LogP contribution in [-0.4, -0.2) is 41.3 Å². The third kappa shape index (κ3) is 3.03. The first kappa shape index (κ1) is 18.8. The minimum Gasteiger partial charge on any atom is -0.477 e. The maximum Gasteiger partial charge on any atom is 0.341 e. The molecular formula is C19H20F3N3O3. The first-order valence-electron chi connectivity index (χ1n) is 9.20. The lowest BCUT2D eigenvalue weighted by Crippen LogP contribution is -2.49. The van der Waals surface area contributed by atoms with Gasteiger partial charge in [0.25, 0.3) is 6.43 Å². The number of alkyl halides is 2. The topological polar surface area (TPSA) is 74.6 Å². The number of hydrogen-bond donors (Lipinski definition) is 2. The highest BCUT2D eigenvalue weighted by molar-refractivity contribution is 5.95. The lowest BCUT2D eigenvalue weighted by Gasteiger charge is -2.35. The molecule has 0 amide bonds. The molecule has 4 rings (SSSR count). The summed E-state index contributed by atoms with van der Waals surface area (Å²) in [6, 6.07) is 0.741. The summed E-state index contributed by atoms with van der Waals surface area (Å²) in [7, 11) is 0. The predicted molar refractivity (Wildman–Crippen MR) is 98.0 cm³/mol. The molecule has 0 radical (unpaired) electrons. The standard InChI is InChI=1S/C19H20F3N3O3/c1-9-7-24(5-4-23-9)16-13(20)6-11-15(14(16)18(21)22)25(10-2-3-10)8-12(17(11)26)19(27)28/h6,8-10,18,23H,2-5,7H2,1H3,(H,27,28)/t9-/m0/s1. The third-order valence-corrected chi connectivity index (χ3v) is 5.35. The van der Waals surface area contributed by atoms with Crippen LogP contribution in [0.5, 0.6) is 0 Å². The Hall–Kier alpha value is -2.55. The molecule has 1 saturated carbocycles. The molecule has 2 fully saturated rings. The van der Waals surface area contributed by atoms with Crippen LogP contribution < -0.4 is 15.6 Å². The van der Waals surface area contributed by atoms with E-state index in [-0.39, 0.29) is 28.7 Å². The van der Waals surface area contributed by atoms with E-state index in [0.29, 0.717) is 32.5 Å². The van der Waals surface area contributed by atoms with E-state index in [1.54, 1.807) is 4.90 Å². The van der Waals surface area contributed by atoms with Crippen molar-refractivity contribution >= 4 is 22.6 Å². The van der Waals surface area contributed by atoms with Crippen molar-refractivity contribution in [2.24, 2.45) is 0 Å². The molecule has 2 N–H and O–H groups in total. The molecule has 1 aliphatic heterocycles. The summed E-state index contributed by atoms with van der Waals surface area (Å²) in [4.78, 5) is 25.6. The smallest absolute Gasteiger partial charge is 0.341 e. The van der Waals surface area contributed by atoms with Crippen molar-refractivity contribution in [3.05, 3.63) is 39.4 Å². The molecule has 0 bridgehead atoms. The Balaban J connectivity index is 2.07. The number of fused-ring (bicyclic) bond motifs is 1. The van der Waals surface area contributed by atoms with Gasteiger partial charge in [-0.1, -0.05) is 0 Å². The van der Waals surface area contributed by atoms with E-state index >= 15 is 4.39 Å². The minimum atomic E-state index is -3.02. The molecule has 0 unspecified atom stereocenters. The normalized spacial score (nSPS) is 20.2. The molecule has 6 nitrogen and oxygen atoms in total. The Labute approximate surface area is 158 Å². The fourth-order valence-corrected chi connectivity index (χ4v) is 3.96. The third-order valence-electron chi connectivity index (χ3n) is 5.35. The number of rotatable bonds is 4. The fraction of sp³-hybridized carbons (Fsp3) is 0.474. The molecule has 2 aromatic rings. The van der Waals surface area contributed by atoms with Crippen molar-refractivity contribution in [1.82, 2.24) is 9.88 Å². The van der Waals surface area contributed by atoms with Crippen LogP contribution in [0.25, 0.3) is 10.9 Å². The Kier molecular flexibility index (Phi) is 4.57. The summed E-state index contributed by atoms with van der Waals surface area (Å²) in [6.45, 7) is 3.11. The quantitative estimate of drug-likeness (QED) is 0.833. The van der Waals surface area contributed by atoms with Gasteiger partial charge in [0.1, 0.15) is 11.4 Å². The van der Waals surface area contributed by atoms with Crippen molar-refractivity contribution in [2.45, 2.75) is 38.3 Å². The van der Waals surface area contributed by atoms with E-state index < -0.39 is 34.8 Å². The van der Waals surface area contributed by atoms with Crippen molar-refractivity contribution in [3.8, 4) is 0 Å². The number of piperazine rings is 1. The van der Waals surface area contributed by atoms with Gasteiger partial charge in [-0.2, -0.15) is 0 Å². The van der Waals surface area contributed by atoms with Gasteiger partial charge in [0.15, 0.2) is 0 Å². The Morgan fingerprint density at radius 1 is 1.36 bits per heavy atom. The number of benzene rings is 1. The summed E-state index contributed by atoms with van der Waals surface area (Å²) >= 11 is 0. The highest BCUT2D eigenvalue weighted by Crippen LogP contribution is 2.43. The van der Waals surface area contributed by atoms with E-state index in [9.17, 15) is 23.5 Å². The number of hydrogen-bond acceptors (Lipinski definition) is 4. The zero-order valence-electron chi connectivity index (χ0n) is 15.2. The summed E-state index contributed by atoms with van der Waals surface area (Å²) in [5, 5.41) is 12.2. The Morgan fingerprint density at radius 3 is 2.64 bits per heavy atom. The van der Waals surface area contributed by atoms with Crippen molar-refractivity contribution < 1.29 is 23.1 Å². The van der Waals surface area contributed by atoms with Crippen molar-refractivity contribution in [2.75, 3.05) is 24.5 Å². The molecule has 1 saturated heterocycles. The number of nitrogens with zero attached hydrogens (tertiary/aromatic N) is 2. The van der Waals surface area contributed by atoms with Gasteiger partial charge in [0.05, 0.1) is 22.2 Å². The van der Waals surface area contributed by atoms with Gasteiger partial charge in [-0.3, -0.25) is 4.79 Å². The van der Waals surface area contributed by atoms with Gasteiger partial charge in [-0.05, 0) is 25.8 Å². The monoisotopic (exact) mass is 395 g/mol. The Bertz CT molecular complexity index is 1020. The van der Waals surface area contributed by atoms with Gasteiger partial charge in [-0.25, -0.2) is 18.0 Å². The van der Waals surface area contributed by atoms with Crippen LogP contribution in [0.1, 0.15) is 48.2 Å². The number of halogens is 3. The number of carboxylic acids is 1. The zero-order valence-corrected chi connectivity index (χ0v) is 15.2.